The van der Waals surface area contributed by atoms with E-state index in [1.807, 2.05) is 61.7 Å². The van der Waals surface area contributed by atoms with Crippen molar-refractivity contribution in [1.82, 2.24) is 9.47 Å². The second-order valence-corrected chi connectivity index (χ2v) is 7.50. The molecule has 156 valence electrons. The largest absolute Gasteiger partial charge is 0.467 e. The molecule has 0 N–H and O–H groups in total. The zero-order valence-electron chi connectivity index (χ0n) is 17.5. The molecule has 4 rings (SSSR count). The first-order chi connectivity index (χ1) is 14.7. The number of rotatable bonds is 7. The summed E-state index contributed by atoms with van der Waals surface area (Å²) in [5, 5.41) is 0. The Hall–Kier alpha value is -3.28. The Kier molecular flexibility index (Phi) is 5.74. The lowest BCUT2D eigenvalue weighted by atomic mass is 10.0. The van der Waals surface area contributed by atoms with E-state index in [2.05, 4.69) is 11.5 Å². The molecule has 3 heterocycles. The van der Waals surface area contributed by atoms with Crippen LogP contribution >= 0.6 is 0 Å². The van der Waals surface area contributed by atoms with Crippen LogP contribution in [-0.4, -0.2) is 34.4 Å². The summed E-state index contributed by atoms with van der Waals surface area (Å²) in [6.45, 7) is 4.56. The summed E-state index contributed by atoms with van der Waals surface area (Å²) in [4.78, 5) is 29.6. The Morgan fingerprint density at radius 2 is 1.83 bits per heavy atom. The number of nitrogens with zero attached hydrogens (tertiary/aromatic N) is 3. The van der Waals surface area contributed by atoms with Crippen LogP contribution in [0.15, 0.2) is 65.4 Å². The molecule has 0 saturated heterocycles. The topological polar surface area (TPSA) is 58.7 Å². The van der Waals surface area contributed by atoms with Crippen molar-refractivity contribution < 1.29 is 14.0 Å². The molecular formula is C24H27N3O3. The third-order valence-corrected chi connectivity index (χ3v) is 5.56. The van der Waals surface area contributed by atoms with Gasteiger partial charge in [0.1, 0.15) is 18.3 Å². The highest BCUT2D eigenvalue weighted by molar-refractivity contribution is 6.00. The van der Waals surface area contributed by atoms with Gasteiger partial charge in [0.25, 0.3) is 0 Å². The fourth-order valence-corrected chi connectivity index (χ4v) is 4.08. The minimum atomic E-state index is -0.387. The highest BCUT2D eigenvalue weighted by atomic mass is 16.3. The van der Waals surface area contributed by atoms with Gasteiger partial charge in [0.15, 0.2) is 0 Å². The molecule has 2 amide bonds. The predicted molar refractivity (Wildman–Crippen MR) is 116 cm³/mol. The van der Waals surface area contributed by atoms with Crippen molar-refractivity contribution in [3.05, 3.63) is 72.4 Å². The molecule has 3 aromatic rings. The van der Waals surface area contributed by atoms with Gasteiger partial charge in [-0.2, -0.15) is 0 Å². The number of para-hydroxylation sites is 2. The van der Waals surface area contributed by atoms with E-state index in [0.29, 0.717) is 18.7 Å². The fraction of sp³-hybridized carbons (Fsp3) is 0.333. The van der Waals surface area contributed by atoms with Crippen molar-refractivity contribution in [3.63, 3.8) is 0 Å². The minimum absolute atomic E-state index is 0.0000170. The zero-order chi connectivity index (χ0) is 21.1. The van der Waals surface area contributed by atoms with Gasteiger partial charge in [0.2, 0.25) is 11.8 Å². The van der Waals surface area contributed by atoms with E-state index < -0.39 is 0 Å². The van der Waals surface area contributed by atoms with Crippen LogP contribution < -0.4 is 4.90 Å². The summed E-state index contributed by atoms with van der Waals surface area (Å²) in [6.07, 6.45) is 5.86. The molecule has 1 aliphatic heterocycles. The molecular weight excluding hydrogens is 378 g/mol. The number of unbranched alkanes of at least 4 members (excludes halogenated alkanes) is 1. The second-order valence-electron chi connectivity index (χ2n) is 7.50. The maximum atomic E-state index is 13.7. The minimum Gasteiger partial charge on any atom is -0.467 e. The maximum absolute atomic E-state index is 13.7. The van der Waals surface area contributed by atoms with Crippen molar-refractivity contribution in [3.8, 4) is 5.69 Å². The maximum Gasteiger partial charge on any atom is 0.247 e. The number of hydrogen-bond donors (Lipinski definition) is 0. The van der Waals surface area contributed by atoms with E-state index in [4.69, 9.17) is 4.42 Å². The second kappa shape index (κ2) is 8.61. The van der Waals surface area contributed by atoms with E-state index in [1.54, 1.807) is 16.1 Å². The van der Waals surface area contributed by atoms with Crippen molar-refractivity contribution in [2.45, 2.75) is 39.2 Å². The molecule has 6 heteroatoms. The van der Waals surface area contributed by atoms with Gasteiger partial charge in [-0.15, -0.1) is 0 Å². The molecule has 0 radical (unpaired) electrons. The molecule has 0 saturated carbocycles. The lowest BCUT2D eigenvalue weighted by molar-refractivity contribution is -0.135. The number of benzene rings is 1. The van der Waals surface area contributed by atoms with E-state index in [1.165, 1.54) is 0 Å². The first-order valence-corrected chi connectivity index (χ1v) is 10.6. The Bertz CT molecular complexity index is 1020. The van der Waals surface area contributed by atoms with Gasteiger partial charge in [0, 0.05) is 19.2 Å². The number of hydrogen-bond acceptors (Lipinski definition) is 3. The smallest absolute Gasteiger partial charge is 0.247 e. The summed E-state index contributed by atoms with van der Waals surface area (Å²) in [5.74, 6) is 0.578. The van der Waals surface area contributed by atoms with Crippen LogP contribution in [0.5, 0.6) is 0 Å². The molecule has 1 atom stereocenters. The summed E-state index contributed by atoms with van der Waals surface area (Å²) >= 11 is 0. The summed E-state index contributed by atoms with van der Waals surface area (Å²) in [5.41, 5.74) is 2.71. The molecule has 1 aliphatic rings. The number of aromatic nitrogens is 1. The van der Waals surface area contributed by atoms with Gasteiger partial charge in [-0.25, -0.2) is 0 Å². The van der Waals surface area contributed by atoms with Crippen molar-refractivity contribution in [1.29, 1.82) is 0 Å². The van der Waals surface area contributed by atoms with Crippen LogP contribution in [0.3, 0.4) is 0 Å². The summed E-state index contributed by atoms with van der Waals surface area (Å²) in [6, 6.07) is 15.2. The van der Waals surface area contributed by atoms with Crippen molar-refractivity contribution in [2.24, 2.45) is 0 Å². The molecule has 2 aromatic heterocycles. The Morgan fingerprint density at radius 1 is 1.03 bits per heavy atom. The average molecular weight is 405 g/mol. The summed E-state index contributed by atoms with van der Waals surface area (Å²) < 4.78 is 7.84. The number of carbonyl (C=O) groups is 2. The Balaban J connectivity index is 1.76. The third-order valence-electron chi connectivity index (χ3n) is 5.56. The average Bonchev–Trinajstić information content (AvgIpc) is 3.47. The molecule has 1 unspecified atom stereocenters. The van der Waals surface area contributed by atoms with Crippen LogP contribution in [0.2, 0.25) is 0 Å². The van der Waals surface area contributed by atoms with Crippen LogP contribution in [0.1, 0.15) is 50.6 Å². The van der Waals surface area contributed by atoms with E-state index in [0.717, 1.165) is 29.9 Å². The van der Waals surface area contributed by atoms with Gasteiger partial charge in [-0.1, -0.05) is 32.4 Å². The molecule has 0 fully saturated rings. The normalized spacial score (nSPS) is 14.9. The fourth-order valence-electron chi connectivity index (χ4n) is 4.08. The van der Waals surface area contributed by atoms with Gasteiger partial charge in [-0.05, 0) is 42.8 Å². The van der Waals surface area contributed by atoms with Crippen molar-refractivity contribution in [2.75, 3.05) is 18.0 Å². The number of amides is 2. The molecule has 6 nitrogen and oxygen atoms in total. The van der Waals surface area contributed by atoms with Gasteiger partial charge < -0.3 is 13.9 Å². The van der Waals surface area contributed by atoms with Crippen LogP contribution in [-0.2, 0) is 9.59 Å². The van der Waals surface area contributed by atoms with E-state index >= 15 is 0 Å². The standard InChI is InChI=1S/C24H27N3O3/c1-3-5-14-25(22(28)4-2)17-23(29)27-19-11-7-6-10-18(19)26-15-8-12-20(26)24(27)21-13-9-16-30-21/h6-13,15-16,24H,3-5,14,17H2,1-2H3. The number of anilines is 1. The van der Waals surface area contributed by atoms with Crippen LogP contribution in [0.4, 0.5) is 5.69 Å². The highest BCUT2D eigenvalue weighted by Crippen LogP contribution is 2.42. The summed E-state index contributed by atoms with van der Waals surface area (Å²) in [7, 11) is 0. The van der Waals surface area contributed by atoms with Gasteiger partial charge in [-0.3, -0.25) is 14.5 Å². The highest BCUT2D eigenvalue weighted by Gasteiger charge is 2.38. The molecule has 0 aliphatic carbocycles. The number of furan rings is 1. The van der Waals surface area contributed by atoms with E-state index in [9.17, 15) is 9.59 Å². The molecule has 30 heavy (non-hydrogen) atoms. The van der Waals surface area contributed by atoms with Crippen LogP contribution in [0, 0.1) is 0 Å². The third kappa shape index (κ3) is 3.54. The quantitative estimate of drug-likeness (QED) is 0.580. The van der Waals surface area contributed by atoms with Crippen LogP contribution in [0.25, 0.3) is 5.69 Å². The van der Waals surface area contributed by atoms with Gasteiger partial charge in [0.05, 0.1) is 23.3 Å². The monoisotopic (exact) mass is 405 g/mol. The lowest BCUT2D eigenvalue weighted by Crippen LogP contribution is -2.46. The first-order valence-electron chi connectivity index (χ1n) is 10.6. The number of carbonyl (C=O) groups excluding carboxylic acids is 2. The predicted octanol–water partition coefficient (Wildman–Crippen LogP) is 4.55. The Labute approximate surface area is 176 Å². The zero-order valence-corrected chi connectivity index (χ0v) is 17.5. The lowest BCUT2D eigenvalue weighted by Gasteiger charge is -2.38. The molecule has 0 spiro atoms. The molecule has 1 aromatic carbocycles. The SMILES string of the molecule is CCCCN(CC(=O)N1c2ccccc2-n2cccc2C1c1ccco1)C(=O)CC. The van der Waals surface area contributed by atoms with Gasteiger partial charge >= 0.3 is 0 Å². The Morgan fingerprint density at radius 3 is 2.53 bits per heavy atom. The van der Waals surface area contributed by atoms with E-state index in [-0.39, 0.29) is 24.4 Å². The molecule has 0 bridgehead atoms. The van der Waals surface area contributed by atoms with Crippen molar-refractivity contribution >= 4 is 17.5 Å². The first kappa shape index (κ1) is 20.0. The number of fused-ring (bicyclic) bond motifs is 3.